The molecule has 0 amide bonds. The normalized spacial score (nSPS) is 11.4. The standard InChI is InChI=1S/C19H18N2OS/c1-12-5-4-6-17-19(12)14(11-23-17)9-16-13(2)20-18-10-15(22-3)7-8-21(16)18/h4-8,10-11H,9H2,1-3H3. The third-order valence-corrected chi connectivity index (χ3v) is 5.37. The van der Waals surface area contributed by atoms with Gasteiger partial charge in [-0.05, 0) is 47.9 Å². The molecule has 0 fully saturated rings. The number of hydrogen-bond acceptors (Lipinski definition) is 3. The molecule has 3 aromatic heterocycles. The van der Waals surface area contributed by atoms with Crippen LogP contribution in [0.1, 0.15) is 22.5 Å². The van der Waals surface area contributed by atoms with Crippen molar-refractivity contribution in [3.05, 3.63) is 64.4 Å². The summed E-state index contributed by atoms with van der Waals surface area (Å²) in [6.45, 7) is 4.26. The van der Waals surface area contributed by atoms with Crippen LogP contribution in [0.3, 0.4) is 0 Å². The third kappa shape index (κ3) is 2.30. The molecular weight excluding hydrogens is 304 g/mol. The van der Waals surface area contributed by atoms with Gasteiger partial charge >= 0.3 is 0 Å². The number of fused-ring (bicyclic) bond motifs is 2. The van der Waals surface area contributed by atoms with Crippen LogP contribution in [0.4, 0.5) is 0 Å². The van der Waals surface area contributed by atoms with Gasteiger partial charge in [-0.15, -0.1) is 11.3 Å². The quantitative estimate of drug-likeness (QED) is 0.543. The second kappa shape index (κ2) is 5.39. The van der Waals surface area contributed by atoms with Crippen molar-refractivity contribution < 1.29 is 4.74 Å². The van der Waals surface area contributed by atoms with E-state index in [1.807, 2.05) is 29.7 Å². The lowest BCUT2D eigenvalue weighted by molar-refractivity contribution is 0.414. The Hall–Kier alpha value is -2.33. The monoisotopic (exact) mass is 322 g/mol. The van der Waals surface area contributed by atoms with E-state index in [2.05, 4.69) is 41.8 Å². The Morgan fingerprint density at radius 1 is 1.22 bits per heavy atom. The molecule has 0 N–H and O–H groups in total. The van der Waals surface area contributed by atoms with E-state index in [0.717, 1.165) is 23.5 Å². The maximum atomic E-state index is 5.30. The summed E-state index contributed by atoms with van der Waals surface area (Å²) in [7, 11) is 1.68. The van der Waals surface area contributed by atoms with E-state index in [9.17, 15) is 0 Å². The number of nitrogens with zero attached hydrogens (tertiary/aromatic N) is 2. The molecule has 0 aliphatic rings. The molecule has 4 heteroatoms. The summed E-state index contributed by atoms with van der Waals surface area (Å²) in [5.41, 5.74) is 5.97. The maximum Gasteiger partial charge on any atom is 0.140 e. The molecule has 116 valence electrons. The number of methoxy groups -OCH3 is 1. The number of ether oxygens (including phenoxy) is 1. The highest BCUT2D eigenvalue weighted by Crippen LogP contribution is 2.31. The molecule has 4 rings (SSSR count). The Labute approximate surface area is 139 Å². The first-order valence-corrected chi connectivity index (χ1v) is 8.52. The Kier molecular flexibility index (Phi) is 3.34. The number of pyridine rings is 1. The van der Waals surface area contributed by atoms with E-state index in [1.54, 1.807) is 7.11 Å². The molecule has 0 aliphatic heterocycles. The Morgan fingerprint density at radius 3 is 2.91 bits per heavy atom. The predicted octanol–water partition coefficient (Wildman–Crippen LogP) is 4.77. The van der Waals surface area contributed by atoms with Crippen molar-refractivity contribution in [2.24, 2.45) is 0 Å². The van der Waals surface area contributed by atoms with Crippen LogP contribution in [0.25, 0.3) is 15.7 Å². The molecule has 0 atom stereocenters. The van der Waals surface area contributed by atoms with E-state index in [-0.39, 0.29) is 0 Å². The predicted molar refractivity (Wildman–Crippen MR) is 95.8 cm³/mol. The lowest BCUT2D eigenvalue weighted by atomic mass is 10.0. The van der Waals surface area contributed by atoms with E-state index in [4.69, 9.17) is 9.72 Å². The summed E-state index contributed by atoms with van der Waals surface area (Å²) >= 11 is 1.82. The molecule has 1 aromatic carbocycles. The van der Waals surface area contributed by atoms with Crippen molar-refractivity contribution in [1.82, 2.24) is 9.38 Å². The minimum Gasteiger partial charge on any atom is -0.497 e. The molecular formula is C19H18N2OS. The first-order valence-electron chi connectivity index (χ1n) is 7.64. The number of rotatable bonds is 3. The minimum atomic E-state index is 0.839. The zero-order valence-electron chi connectivity index (χ0n) is 13.5. The fraction of sp³-hybridized carbons (Fsp3) is 0.211. The summed E-state index contributed by atoms with van der Waals surface area (Å²) in [5, 5.41) is 3.67. The molecule has 0 unspecified atom stereocenters. The summed E-state index contributed by atoms with van der Waals surface area (Å²) in [5.74, 6) is 0.839. The Balaban J connectivity index is 1.84. The second-order valence-electron chi connectivity index (χ2n) is 5.82. The number of imidazole rings is 1. The van der Waals surface area contributed by atoms with Gasteiger partial charge in [0, 0.05) is 29.1 Å². The highest BCUT2D eigenvalue weighted by Gasteiger charge is 2.13. The van der Waals surface area contributed by atoms with Crippen molar-refractivity contribution in [1.29, 1.82) is 0 Å². The third-order valence-electron chi connectivity index (χ3n) is 4.37. The fourth-order valence-electron chi connectivity index (χ4n) is 3.19. The van der Waals surface area contributed by atoms with Gasteiger partial charge in [0.25, 0.3) is 0 Å². The smallest absolute Gasteiger partial charge is 0.140 e. The van der Waals surface area contributed by atoms with Gasteiger partial charge in [-0.2, -0.15) is 0 Å². The number of benzene rings is 1. The van der Waals surface area contributed by atoms with Crippen LogP contribution in [0.5, 0.6) is 5.75 Å². The molecule has 0 saturated carbocycles. The van der Waals surface area contributed by atoms with Gasteiger partial charge in [-0.3, -0.25) is 0 Å². The van der Waals surface area contributed by atoms with E-state index >= 15 is 0 Å². The fourth-order valence-corrected chi connectivity index (χ4v) is 4.23. The van der Waals surface area contributed by atoms with Gasteiger partial charge < -0.3 is 9.14 Å². The van der Waals surface area contributed by atoms with Crippen molar-refractivity contribution in [3.8, 4) is 5.75 Å². The van der Waals surface area contributed by atoms with Gasteiger partial charge in [0.05, 0.1) is 12.8 Å². The average Bonchev–Trinajstić information content (AvgIpc) is 3.10. The SMILES string of the molecule is COc1ccn2c(Cc3csc4cccc(C)c34)c(C)nc2c1. The molecule has 3 nitrogen and oxygen atoms in total. The van der Waals surface area contributed by atoms with Gasteiger partial charge in [0.15, 0.2) is 0 Å². The zero-order chi connectivity index (χ0) is 16.0. The van der Waals surface area contributed by atoms with Crippen LogP contribution >= 0.6 is 11.3 Å². The summed E-state index contributed by atoms with van der Waals surface area (Å²) < 4.78 is 8.82. The van der Waals surface area contributed by atoms with E-state index in [1.165, 1.54) is 26.9 Å². The maximum absolute atomic E-state index is 5.30. The second-order valence-corrected chi connectivity index (χ2v) is 6.74. The lowest BCUT2D eigenvalue weighted by Gasteiger charge is -2.05. The Morgan fingerprint density at radius 2 is 2.09 bits per heavy atom. The van der Waals surface area contributed by atoms with Crippen LogP contribution in [0.15, 0.2) is 41.9 Å². The summed E-state index contributed by atoms with van der Waals surface area (Å²) in [6.07, 6.45) is 2.94. The van der Waals surface area contributed by atoms with Crippen LogP contribution in [0.2, 0.25) is 0 Å². The molecule has 4 aromatic rings. The molecule has 0 aliphatic carbocycles. The molecule has 0 radical (unpaired) electrons. The Bertz CT molecular complexity index is 1010. The number of aromatic nitrogens is 2. The molecule has 0 spiro atoms. The van der Waals surface area contributed by atoms with Crippen LogP contribution < -0.4 is 4.74 Å². The van der Waals surface area contributed by atoms with Crippen molar-refractivity contribution in [2.45, 2.75) is 20.3 Å². The van der Waals surface area contributed by atoms with Gasteiger partial charge in [0.1, 0.15) is 11.4 Å². The van der Waals surface area contributed by atoms with E-state index < -0.39 is 0 Å². The summed E-state index contributed by atoms with van der Waals surface area (Å²) in [4.78, 5) is 4.69. The number of thiophene rings is 1. The van der Waals surface area contributed by atoms with Gasteiger partial charge in [-0.25, -0.2) is 4.98 Å². The first-order chi connectivity index (χ1) is 11.2. The average molecular weight is 322 g/mol. The highest BCUT2D eigenvalue weighted by molar-refractivity contribution is 7.17. The molecule has 23 heavy (non-hydrogen) atoms. The number of hydrogen-bond donors (Lipinski definition) is 0. The van der Waals surface area contributed by atoms with Crippen LogP contribution in [-0.4, -0.2) is 16.5 Å². The highest BCUT2D eigenvalue weighted by atomic mass is 32.1. The topological polar surface area (TPSA) is 26.5 Å². The van der Waals surface area contributed by atoms with E-state index in [0.29, 0.717) is 0 Å². The van der Waals surface area contributed by atoms with Crippen molar-refractivity contribution >= 4 is 27.1 Å². The van der Waals surface area contributed by atoms with Gasteiger partial charge in [-0.1, -0.05) is 12.1 Å². The first kappa shape index (κ1) is 14.3. The molecule has 0 bridgehead atoms. The molecule has 3 heterocycles. The largest absolute Gasteiger partial charge is 0.497 e. The van der Waals surface area contributed by atoms with Crippen molar-refractivity contribution in [2.75, 3.05) is 7.11 Å². The lowest BCUT2D eigenvalue weighted by Crippen LogP contribution is -1.96. The van der Waals surface area contributed by atoms with Gasteiger partial charge in [0.2, 0.25) is 0 Å². The van der Waals surface area contributed by atoms with Crippen molar-refractivity contribution in [3.63, 3.8) is 0 Å². The zero-order valence-corrected chi connectivity index (χ0v) is 14.3. The molecule has 0 saturated heterocycles. The summed E-state index contributed by atoms with van der Waals surface area (Å²) in [6, 6.07) is 10.5. The minimum absolute atomic E-state index is 0.839. The van der Waals surface area contributed by atoms with Crippen LogP contribution in [0, 0.1) is 13.8 Å². The van der Waals surface area contributed by atoms with Crippen LogP contribution in [-0.2, 0) is 6.42 Å². The number of aryl methyl sites for hydroxylation is 2.